The molecule has 0 atom stereocenters. The fourth-order valence-corrected chi connectivity index (χ4v) is 3.57. The lowest BCUT2D eigenvalue weighted by Crippen LogP contribution is -2.46. The summed E-state index contributed by atoms with van der Waals surface area (Å²) in [5, 5.41) is 0.666. The lowest BCUT2D eigenvalue weighted by atomic mass is 10.1. The summed E-state index contributed by atoms with van der Waals surface area (Å²) in [5.41, 5.74) is 9.85. The van der Waals surface area contributed by atoms with Crippen LogP contribution in [0.4, 0.5) is 10.8 Å². The summed E-state index contributed by atoms with van der Waals surface area (Å²) in [6.45, 7) is 9.71. The molecule has 4 nitrogen and oxygen atoms in total. The third-order valence-electron chi connectivity index (χ3n) is 4.24. The summed E-state index contributed by atoms with van der Waals surface area (Å²) >= 11 is 1.59. The van der Waals surface area contributed by atoms with Crippen LogP contribution in [-0.4, -0.2) is 36.1 Å². The highest BCUT2D eigenvalue weighted by Gasteiger charge is 2.19. The largest absolute Gasteiger partial charge is 0.375 e. The Balaban J connectivity index is 1.61. The number of thiazole rings is 1. The quantitative estimate of drug-likeness (QED) is 0.947. The van der Waals surface area contributed by atoms with Gasteiger partial charge in [0, 0.05) is 49.5 Å². The van der Waals surface area contributed by atoms with E-state index >= 15 is 0 Å². The fourth-order valence-electron chi connectivity index (χ4n) is 2.84. The first kappa shape index (κ1) is 14.4. The second-order valence-electron chi connectivity index (χ2n) is 5.65. The van der Waals surface area contributed by atoms with E-state index in [1.807, 2.05) is 6.20 Å². The zero-order chi connectivity index (χ0) is 14.8. The van der Waals surface area contributed by atoms with Crippen LogP contribution in [0.5, 0.6) is 0 Å². The third kappa shape index (κ3) is 3.19. The minimum atomic E-state index is 0.666. The van der Waals surface area contributed by atoms with E-state index < -0.39 is 0 Å². The van der Waals surface area contributed by atoms with Crippen LogP contribution in [0, 0.1) is 13.8 Å². The molecule has 1 aromatic carbocycles. The van der Waals surface area contributed by atoms with Gasteiger partial charge >= 0.3 is 0 Å². The molecule has 0 amide bonds. The molecule has 1 aliphatic heterocycles. The monoisotopic (exact) mass is 302 g/mol. The van der Waals surface area contributed by atoms with Gasteiger partial charge in [-0.15, -0.1) is 11.3 Å². The molecule has 0 radical (unpaired) electrons. The highest BCUT2D eigenvalue weighted by Crippen LogP contribution is 2.24. The first-order valence-electron chi connectivity index (χ1n) is 7.37. The van der Waals surface area contributed by atoms with Gasteiger partial charge in [-0.05, 0) is 31.0 Å². The van der Waals surface area contributed by atoms with E-state index in [0.717, 1.165) is 32.7 Å². The molecule has 1 aliphatic rings. The number of aryl methyl sites for hydroxylation is 1. The lowest BCUT2D eigenvalue weighted by Gasteiger charge is -2.36. The van der Waals surface area contributed by atoms with E-state index in [1.165, 1.54) is 21.7 Å². The van der Waals surface area contributed by atoms with E-state index in [2.05, 4.69) is 46.8 Å². The van der Waals surface area contributed by atoms with Crippen molar-refractivity contribution in [2.24, 2.45) is 0 Å². The molecule has 0 aliphatic carbocycles. The van der Waals surface area contributed by atoms with Gasteiger partial charge in [0.2, 0.25) is 0 Å². The van der Waals surface area contributed by atoms with Crippen LogP contribution in [-0.2, 0) is 6.54 Å². The summed E-state index contributed by atoms with van der Waals surface area (Å²) in [7, 11) is 0. The predicted molar refractivity (Wildman–Crippen MR) is 89.9 cm³/mol. The van der Waals surface area contributed by atoms with Crippen molar-refractivity contribution in [2.75, 3.05) is 36.8 Å². The van der Waals surface area contributed by atoms with Crippen molar-refractivity contribution in [1.29, 1.82) is 0 Å². The topological polar surface area (TPSA) is 45.4 Å². The number of benzene rings is 1. The van der Waals surface area contributed by atoms with Gasteiger partial charge in [-0.1, -0.05) is 12.1 Å². The van der Waals surface area contributed by atoms with Gasteiger partial charge in [-0.25, -0.2) is 4.98 Å². The number of hydrogen-bond acceptors (Lipinski definition) is 5. The molecular formula is C16H22N4S. The van der Waals surface area contributed by atoms with E-state index in [9.17, 15) is 0 Å². The van der Waals surface area contributed by atoms with Crippen molar-refractivity contribution in [3.63, 3.8) is 0 Å². The molecule has 1 aromatic heterocycles. The van der Waals surface area contributed by atoms with Gasteiger partial charge in [0.15, 0.2) is 5.13 Å². The number of nitrogens with zero attached hydrogens (tertiary/aromatic N) is 3. The maximum absolute atomic E-state index is 5.69. The molecule has 0 unspecified atom stereocenters. The van der Waals surface area contributed by atoms with Crippen molar-refractivity contribution in [3.8, 4) is 0 Å². The smallest absolute Gasteiger partial charge is 0.180 e. The Bertz CT molecular complexity index is 614. The number of hydrogen-bond donors (Lipinski definition) is 1. The molecule has 2 heterocycles. The number of nitrogen functional groups attached to an aromatic ring is 1. The Labute approximate surface area is 130 Å². The second-order valence-corrected chi connectivity index (χ2v) is 6.79. The van der Waals surface area contributed by atoms with Crippen LogP contribution in [0.15, 0.2) is 24.4 Å². The zero-order valence-corrected chi connectivity index (χ0v) is 13.5. The maximum atomic E-state index is 5.69. The first-order valence-corrected chi connectivity index (χ1v) is 8.19. The summed E-state index contributed by atoms with van der Waals surface area (Å²) in [4.78, 5) is 10.4. The highest BCUT2D eigenvalue weighted by atomic mass is 32.1. The average molecular weight is 302 g/mol. The molecule has 2 aromatic rings. The Morgan fingerprint density at radius 2 is 1.95 bits per heavy atom. The number of anilines is 2. The molecule has 0 bridgehead atoms. The number of aromatic nitrogens is 1. The van der Waals surface area contributed by atoms with Crippen molar-refractivity contribution < 1.29 is 0 Å². The molecule has 21 heavy (non-hydrogen) atoms. The predicted octanol–water partition coefficient (Wildman–Crippen LogP) is 2.66. The van der Waals surface area contributed by atoms with Gasteiger partial charge in [-0.2, -0.15) is 0 Å². The Morgan fingerprint density at radius 1 is 1.19 bits per heavy atom. The van der Waals surface area contributed by atoms with Crippen molar-refractivity contribution >= 4 is 22.2 Å². The van der Waals surface area contributed by atoms with E-state index in [-0.39, 0.29) is 0 Å². The Kier molecular flexibility index (Phi) is 4.12. The Hall–Kier alpha value is -1.59. The van der Waals surface area contributed by atoms with Crippen molar-refractivity contribution in [1.82, 2.24) is 9.88 Å². The van der Waals surface area contributed by atoms with Crippen molar-refractivity contribution in [2.45, 2.75) is 20.4 Å². The maximum Gasteiger partial charge on any atom is 0.180 e. The molecule has 1 fully saturated rings. The van der Waals surface area contributed by atoms with Crippen LogP contribution >= 0.6 is 11.3 Å². The summed E-state index contributed by atoms with van der Waals surface area (Å²) in [5.74, 6) is 0. The zero-order valence-electron chi connectivity index (χ0n) is 12.7. The normalized spacial score (nSPS) is 16.4. The molecule has 2 N–H and O–H groups in total. The average Bonchev–Trinajstić information content (AvgIpc) is 2.88. The fraction of sp³-hybridized carbons (Fsp3) is 0.438. The van der Waals surface area contributed by atoms with E-state index in [4.69, 9.17) is 5.73 Å². The third-order valence-corrected chi connectivity index (χ3v) is 5.05. The molecule has 0 saturated carbocycles. The van der Waals surface area contributed by atoms with Crippen molar-refractivity contribution in [3.05, 3.63) is 40.4 Å². The first-order chi connectivity index (χ1) is 10.1. The van der Waals surface area contributed by atoms with Crippen LogP contribution in [0.2, 0.25) is 0 Å². The summed E-state index contributed by atoms with van der Waals surface area (Å²) in [6.07, 6.45) is 1.90. The molecule has 5 heteroatoms. The van der Waals surface area contributed by atoms with Gasteiger partial charge in [-0.3, -0.25) is 4.90 Å². The second kappa shape index (κ2) is 6.03. The van der Waals surface area contributed by atoms with Crippen LogP contribution in [0.1, 0.15) is 16.0 Å². The molecule has 1 saturated heterocycles. The molecule has 3 rings (SSSR count). The standard InChI is InChI=1S/C16H22N4S/c1-12-4-3-5-15(13(12)2)20-8-6-19(7-9-20)11-14-10-18-16(17)21-14/h3-5,10H,6-9,11H2,1-2H3,(H2,17,18). The number of rotatable bonds is 3. The minimum Gasteiger partial charge on any atom is -0.375 e. The van der Waals surface area contributed by atoms with Crippen LogP contribution in [0.3, 0.4) is 0 Å². The summed E-state index contributed by atoms with van der Waals surface area (Å²) < 4.78 is 0. The number of nitrogens with two attached hydrogens (primary N) is 1. The van der Waals surface area contributed by atoms with Gasteiger partial charge in [0.1, 0.15) is 0 Å². The van der Waals surface area contributed by atoms with E-state index in [1.54, 1.807) is 11.3 Å². The van der Waals surface area contributed by atoms with Gasteiger partial charge in [0.25, 0.3) is 0 Å². The van der Waals surface area contributed by atoms with Gasteiger partial charge in [0.05, 0.1) is 0 Å². The Morgan fingerprint density at radius 3 is 2.62 bits per heavy atom. The lowest BCUT2D eigenvalue weighted by molar-refractivity contribution is 0.251. The van der Waals surface area contributed by atoms with Crippen LogP contribution in [0.25, 0.3) is 0 Å². The van der Waals surface area contributed by atoms with Crippen LogP contribution < -0.4 is 10.6 Å². The minimum absolute atomic E-state index is 0.666. The molecule has 112 valence electrons. The van der Waals surface area contributed by atoms with E-state index in [0.29, 0.717) is 5.13 Å². The number of piperazine rings is 1. The van der Waals surface area contributed by atoms with Gasteiger partial charge < -0.3 is 10.6 Å². The molecular weight excluding hydrogens is 280 g/mol. The highest BCUT2D eigenvalue weighted by molar-refractivity contribution is 7.15. The molecule has 0 spiro atoms. The SMILES string of the molecule is Cc1cccc(N2CCN(Cc3cnc(N)s3)CC2)c1C. The summed E-state index contributed by atoms with van der Waals surface area (Å²) in [6, 6.07) is 6.58.